The van der Waals surface area contributed by atoms with Gasteiger partial charge < -0.3 is 19.3 Å². The smallest absolute Gasteiger partial charge is 0.334 e. The molecule has 0 aliphatic carbocycles. The predicted molar refractivity (Wildman–Crippen MR) is 72.2 cm³/mol. The van der Waals surface area contributed by atoms with Gasteiger partial charge in [-0.25, -0.2) is 9.79 Å². The van der Waals surface area contributed by atoms with Gasteiger partial charge in [-0.2, -0.15) is 0 Å². The normalized spacial score (nSPS) is 21.1. The van der Waals surface area contributed by atoms with Crippen LogP contribution in [0.3, 0.4) is 0 Å². The van der Waals surface area contributed by atoms with Crippen LogP contribution in [0.2, 0.25) is 0 Å². The number of methoxy groups -OCH3 is 1. The summed E-state index contributed by atoms with van der Waals surface area (Å²) in [6.07, 6.45) is -0.436. The molecule has 2 rings (SSSR count). The predicted octanol–water partition coefficient (Wildman–Crippen LogP) is 1.50. The van der Waals surface area contributed by atoms with Crippen LogP contribution in [-0.4, -0.2) is 42.8 Å². The molecule has 6 nitrogen and oxygen atoms in total. The zero-order valence-electron chi connectivity index (χ0n) is 11.6. The Morgan fingerprint density at radius 2 is 2.25 bits per heavy atom. The first-order valence-corrected chi connectivity index (χ1v) is 6.35. The molecule has 0 amide bonds. The molecule has 0 spiro atoms. The van der Waals surface area contributed by atoms with Crippen molar-refractivity contribution < 1.29 is 24.1 Å². The van der Waals surface area contributed by atoms with Crippen molar-refractivity contribution in [2.24, 2.45) is 4.99 Å². The van der Waals surface area contributed by atoms with Gasteiger partial charge in [0.25, 0.3) is 0 Å². The molecule has 0 radical (unpaired) electrons. The lowest BCUT2D eigenvalue weighted by atomic mass is 10.2. The lowest BCUT2D eigenvalue weighted by Gasteiger charge is -2.11. The SMILES string of the molecule is CCOC(=O)[C@@H]1N=C(c2cc(OC)ccc2O)O[C@@H]1C. The van der Waals surface area contributed by atoms with Gasteiger partial charge in [0.2, 0.25) is 5.90 Å². The van der Waals surface area contributed by atoms with Gasteiger partial charge >= 0.3 is 5.97 Å². The molecule has 6 heteroatoms. The number of carbonyl (C=O) groups is 1. The van der Waals surface area contributed by atoms with Crippen LogP contribution in [0.25, 0.3) is 0 Å². The van der Waals surface area contributed by atoms with E-state index in [9.17, 15) is 9.90 Å². The van der Waals surface area contributed by atoms with Gasteiger partial charge in [0.1, 0.15) is 17.6 Å². The molecule has 1 heterocycles. The minimum atomic E-state index is -0.712. The fourth-order valence-electron chi connectivity index (χ4n) is 1.92. The molecule has 1 aliphatic heterocycles. The summed E-state index contributed by atoms with van der Waals surface area (Å²) in [6.45, 7) is 3.75. The van der Waals surface area contributed by atoms with E-state index >= 15 is 0 Å². The van der Waals surface area contributed by atoms with E-state index in [-0.39, 0.29) is 18.3 Å². The molecular weight excluding hydrogens is 262 g/mol. The number of phenolic OH excluding ortho intramolecular Hbond substituents is 1. The second-order valence-electron chi connectivity index (χ2n) is 4.34. The Hall–Kier alpha value is -2.24. The molecule has 0 fully saturated rings. The summed E-state index contributed by atoms with van der Waals surface area (Å²) < 4.78 is 15.6. The van der Waals surface area contributed by atoms with Gasteiger partial charge in [-0.3, -0.25) is 0 Å². The Morgan fingerprint density at radius 3 is 2.90 bits per heavy atom. The molecule has 0 unspecified atom stereocenters. The Kier molecular flexibility index (Phi) is 4.12. The largest absolute Gasteiger partial charge is 0.507 e. The lowest BCUT2D eigenvalue weighted by Crippen LogP contribution is -2.29. The average molecular weight is 279 g/mol. The zero-order chi connectivity index (χ0) is 14.7. The van der Waals surface area contributed by atoms with Crippen LogP contribution in [0.5, 0.6) is 11.5 Å². The van der Waals surface area contributed by atoms with E-state index in [1.807, 2.05) is 0 Å². The highest BCUT2D eigenvalue weighted by molar-refractivity contribution is 6.00. The molecule has 0 aromatic heterocycles. The number of ether oxygens (including phenoxy) is 3. The Morgan fingerprint density at radius 1 is 1.50 bits per heavy atom. The van der Waals surface area contributed by atoms with Crippen molar-refractivity contribution in [1.82, 2.24) is 0 Å². The van der Waals surface area contributed by atoms with Gasteiger partial charge in [-0.1, -0.05) is 0 Å². The maximum Gasteiger partial charge on any atom is 0.334 e. The van der Waals surface area contributed by atoms with Crippen LogP contribution in [-0.2, 0) is 14.3 Å². The van der Waals surface area contributed by atoms with Gasteiger partial charge in [-0.05, 0) is 32.0 Å². The number of rotatable bonds is 4. The summed E-state index contributed by atoms with van der Waals surface area (Å²) in [5, 5.41) is 9.87. The monoisotopic (exact) mass is 279 g/mol. The average Bonchev–Trinajstić information content (AvgIpc) is 2.81. The van der Waals surface area contributed by atoms with E-state index in [2.05, 4.69) is 4.99 Å². The number of hydrogen-bond acceptors (Lipinski definition) is 6. The molecule has 20 heavy (non-hydrogen) atoms. The van der Waals surface area contributed by atoms with Crippen LogP contribution < -0.4 is 4.74 Å². The highest BCUT2D eigenvalue weighted by atomic mass is 16.5. The Labute approximate surface area is 117 Å². The van der Waals surface area contributed by atoms with E-state index in [1.54, 1.807) is 26.0 Å². The maximum absolute atomic E-state index is 11.7. The summed E-state index contributed by atoms with van der Waals surface area (Å²) in [4.78, 5) is 15.9. The number of benzene rings is 1. The van der Waals surface area contributed by atoms with Crippen LogP contribution in [0.4, 0.5) is 0 Å². The quantitative estimate of drug-likeness (QED) is 0.845. The fourth-order valence-corrected chi connectivity index (χ4v) is 1.92. The van der Waals surface area contributed by atoms with E-state index in [0.717, 1.165) is 0 Å². The summed E-state index contributed by atoms with van der Waals surface area (Å²) >= 11 is 0. The van der Waals surface area contributed by atoms with Gasteiger partial charge in [-0.15, -0.1) is 0 Å². The minimum Gasteiger partial charge on any atom is -0.507 e. The van der Waals surface area contributed by atoms with Crippen molar-refractivity contribution >= 4 is 11.9 Å². The molecule has 0 saturated carbocycles. The molecule has 1 aromatic carbocycles. The fraction of sp³-hybridized carbons (Fsp3) is 0.429. The summed E-state index contributed by atoms with van der Waals surface area (Å²) in [5.41, 5.74) is 0.392. The summed E-state index contributed by atoms with van der Waals surface area (Å²) in [6, 6.07) is 4.01. The third-order valence-electron chi connectivity index (χ3n) is 2.96. The van der Waals surface area contributed by atoms with Crippen molar-refractivity contribution in [1.29, 1.82) is 0 Å². The van der Waals surface area contributed by atoms with Gasteiger partial charge in [0.15, 0.2) is 6.04 Å². The number of nitrogens with zero attached hydrogens (tertiary/aromatic N) is 1. The standard InChI is InChI=1S/C14H17NO5/c1-4-19-14(17)12-8(2)20-13(15-12)10-7-9(18-3)5-6-11(10)16/h5-8,12,16H,4H2,1-3H3/t8-,12-/m1/s1. The summed E-state index contributed by atoms with van der Waals surface area (Å²) in [7, 11) is 1.53. The van der Waals surface area contributed by atoms with E-state index in [4.69, 9.17) is 14.2 Å². The maximum atomic E-state index is 11.7. The second-order valence-corrected chi connectivity index (χ2v) is 4.34. The molecule has 0 bridgehead atoms. The molecule has 108 valence electrons. The van der Waals surface area contributed by atoms with Gasteiger partial charge in [0, 0.05) is 0 Å². The van der Waals surface area contributed by atoms with E-state index < -0.39 is 18.1 Å². The van der Waals surface area contributed by atoms with Crippen LogP contribution >= 0.6 is 0 Å². The van der Waals surface area contributed by atoms with Crippen LogP contribution in [0.1, 0.15) is 19.4 Å². The van der Waals surface area contributed by atoms with Gasteiger partial charge in [0.05, 0.1) is 19.3 Å². The summed E-state index contributed by atoms with van der Waals surface area (Å²) in [5.74, 6) is 0.363. The number of hydrogen-bond donors (Lipinski definition) is 1. The van der Waals surface area contributed by atoms with Crippen molar-refractivity contribution in [2.75, 3.05) is 13.7 Å². The molecule has 0 saturated heterocycles. The first-order valence-electron chi connectivity index (χ1n) is 6.35. The number of phenols is 1. The molecule has 2 atom stereocenters. The number of aliphatic imine (C=N–C) groups is 1. The minimum absolute atomic E-state index is 0.0151. The number of esters is 1. The van der Waals surface area contributed by atoms with Crippen molar-refractivity contribution in [3.8, 4) is 11.5 Å². The van der Waals surface area contributed by atoms with E-state index in [1.165, 1.54) is 13.2 Å². The van der Waals surface area contributed by atoms with Crippen molar-refractivity contribution in [3.63, 3.8) is 0 Å². The Bertz CT molecular complexity index is 540. The Balaban J connectivity index is 2.29. The van der Waals surface area contributed by atoms with Crippen LogP contribution in [0.15, 0.2) is 23.2 Å². The number of aromatic hydroxyl groups is 1. The number of carbonyl (C=O) groups excluding carboxylic acids is 1. The first kappa shape index (κ1) is 14.2. The third-order valence-corrected chi connectivity index (χ3v) is 2.96. The molecule has 1 aromatic rings. The molecule has 1 aliphatic rings. The lowest BCUT2D eigenvalue weighted by molar-refractivity contribution is -0.145. The second kappa shape index (κ2) is 5.81. The van der Waals surface area contributed by atoms with Crippen molar-refractivity contribution in [2.45, 2.75) is 26.0 Å². The highest BCUT2D eigenvalue weighted by Gasteiger charge is 2.35. The topological polar surface area (TPSA) is 77.4 Å². The van der Waals surface area contributed by atoms with Crippen LogP contribution in [0, 0.1) is 0 Å². The molecule has 1 N–H and O–H groups in total. The highest BCUT2D eigenvalue weighted by Crippen LogP contribution is 2.28. The molecular formula is C14H17NO5. The van der Waals surface area contributed by atoms with Crippen molar-refractivity contribution in [3.05, 3.63) is 23.8 Å². The zero-order valence-corrected chi connectivity index (χ0v) is 11.6. The first-order chi connectivity index (χ1) is 9.56. The van der Waals surface area contributed by atoms with E-state index in [0.29, 0.717) is 11.3 Å². The third kappa shape index (κ3) is 2.68.